The molecule has 0 spiro atoms. The number of nitrogens with zero attached hydrogens (tertiary/aromatic N) is 1. The molecule has 1 heterocycles. The minimum atomic E-state index is -0.567. The molecule has 0 unspecified atom stereocenters. The van der Waals surface area contributed by atoms with E-state index >= 15 is 0 Å². The first kappa shape index (κ1) is 17.7. The van der Waals surface area contributed by atoms with Crippen molar-refractivity contribution in [2.45, 2.75) is 39.2 Å². The van der Waals surface area contributed by atoms with Crippen LogP contribution in [0.3, 0.4) is 0 Å². The molecule has 0 aliphatic carbocycles. The zero-order valence-electron chi connectivity index (χ0n) is 14.0. The Morgan fingerprint density at radius 1 is 1.25 bits per heavy atom. The van der Waals surface area contributed by atoms with E-state index in [1.54, 1.807) is 45.0 Å². The van der Waals surface area contributed by atoms with Crippen molar-refractivity contribution in [2.75, 3.05) is 6.54 Å². The Hall–Kier alpha value is -2.70. The number of aromatic nitrogens is 2. The fraction of sp³-hybridized carbons (Fsp3) is 0.412. The molecule has 0 fully saturated rings. The monoisotopic (exact) mass is 331 g/mol. The number of ether oxygens (including phenoxy) is 1. The average molecular weight is 331 g/mol. The topological polar surface area (TPSA) is 101 Å². The molecule has 24 heavy (non-hydrogen) atoms. The smallest absolute Gasteiger partial charge is 0.407 e. The lowest BCUT2D eigenvalue weighted by molar-refractivity contribution is 0.0525. The van der Waals surface area contributed by atoms with Crippen molar-refractivity contribution >= 4 is 22.9 Å². The van der Waals surface area contributed by atoms with Crippen LogP contribution in [0.5, 0.6) is 0 Å². The number of H-pyrrole nitrogens is 1. The molecule has 2 aromatic rings. The van der Waals surface area contributed by atoms with Crippen molar-refractivity contribution in [2.24, 2.45) is 0 Å². The Kier molecular flexibility index (Phi) is 5.33. The van der Waals surface area contributed by atoms with Crippen LogP contribution in [0.25, 0.3) is 11.0 Å². The minimum absolute atomic E-state index is 0.106. The van der Waals surface area contributed by atoms with Gasteiger partial charge >= 0.3 is 6.09 Å². The molecule has 0 radical (unpaired) electrons. The zero-order chi connectivity index (χ0) is 17.7. The van der Waals surface area contributed by atoms with Gasteiger partial charge in [-0.05, 0) is 39.3 Å². The van der Waals surface area contributed by atoms with Crippen molar-refractivity contribution in [3.05, 3.63) is 40.3 Å². The molecule has 2 rings (SSSR count). The normalized spacial score (nSPS) is 11.3. The Labute approximate surface area is 139 Å². The summed E-state index contributed by atoms with van der Waals surface area (Å²) in [5.74, 6) is -0.354. The number of carbonyl (C=O) groups is 2. The number of hydrogen-bond donors (Lipinski definition) is 2. The third-order valence-electron chi connectivity index (χ3n) is 3.11. The molecular weight excluding hydrogens is 310 g/mol. The summed E-state index contributed by atoms with van der Waals surface area (Å²) in [5.41, 5.74) is -0.0230. The van der Waals surface area contributed by atoms with Gasteiger partial charge < -0.3 is 15.0 Å². The number of nitrogens with one attached hydrogen (secondary N) is 2. The molecular formula is C17H21N3O4. The lowest BCUT2D eigenvalue weighted by Gasteiger charge is -2.19. The van der Waals surface area contributed by atoms with Crippen molar-refractivity contribution in [1.82, 2.24) is 15.3 Å². The molecule has 0 saturated carbocycles. The van der Waals surface area contributed by atoms with E-state index in [2.05, 4.69) is 15.3 Å². The van der Waals surface area contributed by atoms with Crippen LogP contribution >= 0.6 is 0 Å². The van der Waals surface area contributed by atoms with Crippen molar-refractivity contribution in [3.8, 4) is 0 Å². The highest BCUT2D eigenvalue weighted by Crippen LogP contribution is 2.08. The van der Waals surface area contributed by atoms with Crippen molar-refractivity contribution < 1.29 is 14.3 Å². The van der Waals surface area contributed by atoms with E-state index in [-0.39, 0.29) is 24.4 Å². The molecule has 128 valence electrons. The molecule has 0 saturated heterocycles. The fourth-order valence-electron chi connectivity index (χ4n) is 2.09. The van der Waals surface area contributed by atoms with Crippen molar-refractivity contribution in [3.63, 3.8) is 0 Å². The van der Waals surface area contributed by atoms with Gasteiger partial charge in [-0.1, -0.05) is 12.1 Å². The Balaban J connectivity index is 1.90. The number of rotatable bonds is 5. The van der Waals surface area contributed by atoms with Gasteiger partial charge in [0.25, 0.3) is 5.56 Å². The predicted octanol–water partition coefficient (Wildman–Crippen LogP) is 2.41. The van der Waals surface area contributed by atoms with Crippen LogP contribution in [-0.2, 0) is 4.74 Å². The molecule has 7 heteroatoms. The van der Waals surface area contributed by atoms with Gasteiger partial charge in [0.1, 0.15) is 5.60 Å². The summed E-state index contributed by atoms with van der Waals surface area (Å²) in [6.07, 6.45) is -0.0207. The third kappa shape index (κ3) is 4.91. The molecule has 0 aliphatic rings. The second-order valence-electron chi connectivity index (χ2n) is 6.39. The first-order valence-electron chi connectivity index (χ1n) is 7.75. The summed E-state index contributed by atoms with van der Waals surface area (Å²) < 4.78 is 5.09. The number of benzene rings is 1. The highest BCUT2D eigenvalue weighted by atomic mass is 16.6. The van der Waals surface area contributed by atoms with Gasteiger partial charge in [-0.2, -0.15) is 0 Å². The minimum Gasteiger partial charge on any atom is -0.444 e. The number of aromatic amines is 1. The van der Waals surface area contributed by atoms with Crippen LogP contribution in [0, 0.1) is 0 Å². The number of Topliss-reactive ketones (excluding diaryl/α,β-unsaturated/α-hetero) is 1. The van der Waals surface area contributed by atoms with Gasteiger partial charge in [0, 0.05) is 13.0 Å². The van der Waals surface area contributed by atoms with Crippen LogP contribution in [-0.4, -0.2) is 34.0 Å². The zero-order valence-corrected chi connectivity index (χ0v) is 14.0. The van der Waals surface area contributed by atoms with Gasteiger partial charge in [0.05, 0.1) is 11.0 Å². The standard InChI is InChI=1S/C17H21N3O4/c1-17(2,3)24-16(23)18-10-6-9-13(21)14-15(22)20-12-8-5-4-7-11(12)19-14/h4-5,7-8H,6,9-10H2,1-3H3,(H,18,23)(H,20,22). The van der Waals surface area contributed by atoms with Crippen LogP contribution < -0.4 is 10.9 Å². The summed E-state index contributed by atoms with van der Waals surface area (Å²) in [5, 5.41) is 2.57. The maximum absolute atomic E-state index is 12.2. The number of alkyl carbamates (subject to hydrolysis) is 1. The van der Waals surface area contributed by atoms with Gasteiger partial charge in [0.2, 0.25) is 0 Å². The molecule has 7 nitrogen and oxygen atoms in total. The lowest BCUT2D eigenvalue weighted by Crippen LogP contribution is -2.33. The first-order chi connectivity index (χ1) is 11.3. The lowest BCUT2D eigenvalue weighted by atomic mass is 10.1. The highest BCUT2D eigenvalue weighted by molar-refractivity contribution is 5.95. The molecule has 0 bridgehead atoms. The van der Waals surface area contributed by atoms with E-state index in [0.717, 1.165) is 0 Å². The molecule has 0 atom stereocenters. The van der Waals surface area contributed by atoms with E-state index in [9.17, 15) is 14.4 Å². The number of ketones is 1. The maximum atomic E-state index is 12.2. The number of para-hydroxylation sites is 2. The number of fused-ring (bicyclic) bond motifs is 1. The van der Waals surface area contributed by atoms with E-state index in [1.807, 2.05) is 0 Å². The van der Waals surface area contributed by atoms with Gasteiger partial charge in [-0.25, -0.2) is 9.78 Å². The second-order valence-corrected chi connectivity index (χ2v) is 6.39. The van der Waals surface area contributed by atoms with Gasteiger partial charge in [-0.3, -0.25) is 9.59 Å². The highest BCUT2D eigenvalue weighted by Gasteiger charge is 2.16. The van der Waals surface area contributed by atoms with Gasteiger partial charge in [0.15, 0.2) is 11.5 Å². The summed E-state index contributed by atoms with van der Waals surface area (Å²) in [7, 11) is 0. The molecule has 1 aromatic carbocycles. The number of hydrogen-bond acceptors (Lipinski definition) is 5. The number of amides is 1. The van der Waals surface area contributed by atoms with Crippen LogP contribution in [0.4, 0.5) is 4.79 Å². The fourth-order valence-corrected chi connectivity index (χ4v) is 2.09. The second kappa shape index (κ2) is 7.25. The van der Waals surface area contributed by atoms with E-state index in [1.165, 1.54) is 0 Å². The molecule has 2 N–H and O–H groups in total. The average Bonchev–Trinajstić information content (AvgIpc) is 2.49. The Morgan fingerprint density at radius 3 is 2.67 bits per heavy atom. The third-order valence-corrected chi connectivity index (χ3v) is 3.11. The SMILES string of the molecule is CC(C)(C)OC(=O)NCCCC(=O)c1nc2ccccc2[nH]c1=O. The predicted molar refractivity (Wildman–Crippen MR) is 90.2 cm³/mol. The van der Waals surface area contributed by atoms with Crippen LogP contribution in [0.1, 0.15) is 44.1 Å². The van der Waals surface area contributed by atoms with Crippen LogP contribution in [0.2, 0.25) is 0 Å². The van der Waals surface area contributed by atoms with Crippen LogP contribution in [0.15, 0.2) is 29.1 Å². The van der Waals surface area contributed by atoms with E-state index < -0.39 is 17.3 Å². The molecule has 0 aliphatic heterocycles. The Morgan fingerprint density at radius 2 is 1.96 bits per heavy atom. The summed E-state index contributed by atoms with van der Waals surface area (Å²) in [6, 6.07) is 7.02. The first-order valence-corrected chi connectivity index (χ1v) is 7.75. The quantitative estimate of drug-likeness (QED) is 0.647. The molecule has 1 amide bonds. The van der Waals surface area contributed by atoms with Gasteiger partial charge in [-0.15, -0.1) is 0 Å². The summed E-state index contributed by atoms with van der Waals surface area (Å²) >= 11 is 0. The summed E-state index contributed by atoms with van der Waals surface area (Å²) in [6.45, 7) is 5.60. The van der Waals surface area contributed by atoms with E-state index in [4.69, 9.17) is 4.74 Å². The Bertz CT molecular complexity index is 805. The van der Waals surface area contributed by atoms with Crippen molar-refractivity contribution in [1.29, 1.82) is 0 Å². The largest absolute Gasteiger partial charge is 0.444 e. The molecule has 1 aromatic heterocycles. The number of carbonyl (C=O) groups excluding carboxylic acids is 2. The van der Waals surface area contributed by atoms with E-state index in [0.29, 0.717) is 17.5 Å². The maximum Gasteiger partial charge on any atom is 0.407 e. The summed E-state index contributed by atoms with van der Waals surface area (Å²) in [4.78, 5) is 42.4.